The van der Waals surface area contributed by atoms with Crippen LogP contribution < -0.4 is 0 Å². The van der Waals surface area contributed by atoms with E-state index < -0.39 is 0 Å². The van der Waals surface area contributed by atoms with Crippen LogP contribution in [0, 0.1) is 6.92 Å². The summed E-state index contributed by atoms with van der Waals surface area (Å²) >= 11 is 0. The van der Waals surface area contributed by atoms with Gasteiger partial charge in [-0.2, -0.15) is 10.2 Å². The average molecular weight is 323 g/mol. The van der Waals surface area contributed by atoms with Crippen molar-refractivity contribution in [3.05, 3.63) is 66.5 Å². The predicted octanol–water partition coefficient (Wildman–Crippen LogP) is 4.52. The highest BCUT2D eigenvalue weighted by atomic mass is 15.2. The largest absolute Gasteiger partial charge is 0.241 e. The van der Waals surface area contributed by atoms with Gasteiger partial charge in [0.2, 0.25) is 0 Å². The molecular formula is C19H25N5. The van der Waals surface area contributed by atoms with Crippen LogP contribution in [-0.2, 0) is 0 Å². The van der Waals surface area contributed by atoms with Crippen molar-refractivity contribution >= 4 is 11.0 Å². The number of pyridine rings is 1. The van der Waals surface area contributed by atoms with Crippen LogP contribution in [0.1, 0.15) is 44.9 Å². The van der Waals surface area contributed by atoms with Crippen LogP contribution in [0.25, 0.3) is 11.0 Å². The Kier molecular flexibility index (Phi) is 6.07. The number of fused-ring (bicyclic) bond motifs is 2. The summed E-state index contributed by atoms with van der Waals surface area (Å²) in [7, 11) is 0. The zero-order valence-electron chi connectivity index (χ0n) is 15.0. The van der Waals surface area contributed by atoms with Gasteiger partial charge in [-0.25, -0.2) is 14.0 Å². The Balaban J connectivity index is 0.000000160. The number of nitrogens with zero attached hydrogens (tertiary/aromatic N) is 5. The monoisotopic (exact) mass is 323 g/mol. The molecule has 0 saturated heterocycles. The second kappa shape index (κ2) is 8.24. The van der Waals surface area contributed by atoms with Gasteiger partial charge in [0, 0.05) is 18.6 Å². The zero-order chi connectivity index (χ0) is 17.5. The summed E-state index contributed by atoms with van der Waals surface area (Å²) < 4.78 is 3.72. The molecule has 0 N–H and O–H groups in total. The molecule has 0 aliphatic carbocycles. The molecule has 0 saturated carbocycles. The molecule has 0 radical (unpaired) electrons. The van der Waals surface area contributed by atoms with E-state index in [2.05, 4.69) is 41.2 Å². The van der Waals surface area contributed by atoms with Crippen LogP contribution in [-0.4, -0.2) is 24.2 Å². The molecule has 4 aromatic rings. The molecule has 4 rings (SSSR count). The number of rotatable bonds is 1. The first-order valence-electron chi connectivity index (χ1n) is 8.34. The maximum atomic E-state index is 4.18. The van der Waals surface area contributed by atoms with Gasteiger partial charge in [0.15, 0.2) is 0 Å². The summed E-state index contributed by atoms with van der Waals surface area (Å²) in [6, 6.07) is 10.2. The molecule has 0 atom stereocenters. The van der Waals surface area contributed by atoms with E-state index in [1.165, 1.54) is 11.1 Å². The molecule has 0 aliphatic heterocycles. The molecule has 0 fully saturated rings. The molecule has 0 spiro atoms. The van der Waals surface area contributed by atoms with E-state index in [1.54, 1.807) is 6.33 Å². The molecular weight excluding hydrogens is 298 g/mol. The van der Waals surface area contributed by atoms with Gasteiger partial charge in [0.1, 0.15) is 6.33 Å². The van der Waals surface area contributed by atoms with Gasteiger partial charge in [-0.3, -0.25) is 0 Å². The van der Waals surface area contributed by atoms with Crippen molar-refractivity contribution in [2.45, 2.75) is 40.5 Å². The molecule has 0 aliphatic rings. The maximum Gasteiger partial charge on any atom is 0.136 e. The van der Waals surface area contributed by atoms with Crippen LogP contribution in [0.3, 0.4) is 0 Å². The van der Waals surface area contributed by atoms with Crippen molar-refractivity contribution in [2.24, 2.45) is 0 Å². The lowest BCUT2D eigenvalue weighted by Gasteiger charge is -2.06. The third-order valence-corrected chi connectivity index (χ3v) is 3.62. The fourth-order valence-electron chi connectivity index (χ4n) is 2.46. The molecule has 0 unspecified atom stereocenters. The molecule has 4 heterocycles. The zero-order valence-corrected chi connectivity index (χ0v) is 15.0. The summed E-state index contributed by atoms with van der Waals surface area (Å²) in [5.41, 5.74) is 4.66. The van der Waals surface area contributed by atoms with Crippen molar-refractivity contribution in [3.8, 4) is 0 Å². The van der Waals surface area contributed by atoms with E-state index in [0.29, 0.717) is 5.92 Å². The molecule has 0 aromatic carbocycles. The quantitative estimate of drug-likeness (QED) is 0.517. The SMILES string of the molecule is CC.CC(C)c1cccn2nccc12.Cc1ncnn2cccc12. The smallest absolute Gasteiger partial charge is 0.136 e. The van der Waals surface area contributed by atoms with Crippen molar-refractivity contribution in [1.82, 2.24) is 24.2 Å². The lowest BCUT2D eigenvalue weighted by atomic mass is 10.0. The van der Waals surface area contributed by atoms with Crippen LogP contribution >= 0.6 is 0 Å². The van der Waals surface area contributed by atoms with Crippen molar-refractivity contribution in [2.75, 3.05) is 0 Å². The molecule has 5 nitrogen and oxygen atoms in total. The highest BCUT2D eigenvalue weighted by molar-refractivity contribution is 5.54. The summed E-state index contributed by atoms with van der Waals surface area (Å²) in [4.78, 5) is 4.05. The van der Waals surface area contributed by atoms with Crippen LogP contribution in [0.2, 0.25) is 0 Å². The Morgan fingerprint density at radius 1 is 0.875 bits per heavy atom. The van der Waals surface area contributed by atoms with E-state index >= 15 is 0 Å². The van der Waals surface area contributed by atoms with Crippen molar-refractivity contribution in [3.63, 3.8) is 0 Å². The fraction of sp³-hybridized carbons (Fsp3) is 0.316. The van der Waals surface area contributed by atoms with E-state index in [0.717, 1.165) is 11.2 Å². The highest BCUT2D eigenvalue weighted by Crippen LogP contribution is 2.19. The van der Waals surface area contributed by atoms with E-state index in [-0.39, 0.29) is 0 Å². The Labute approximate surface area is 143 Å². The molecule has 0 bridgehead atoms. The first kappa shape index (κ1) is 17.7. The third-order valence-electron chi connectivity index (χ3n) is 3.62. The Morgan fingerprint density at radius 2 is 1.54 bits per heavy atom. The Morgan fingerprint density at radius 3 is 2.21 bits per heavy atom. The van der Waals surface area contributed by atoms with Gasteiger partial charge in [-0.15, -0.1) is 0 Å². The van der Waals surface area contributed by atoms with Gasteiger partial charge >= 0.3 is 0 Å². The van der Waals surface area contributed by atoms with Crippen molar-refractivity contribution < 1.29 is 0 Å². The molecule has 5 heteroatoms. The summed E-state index contributed by atoms with van der Waals surface area (Å²) in [5.74, 6) is 0.561. The number of hydrogen-bond donors (Lipinski definition) is 0. The maximum absolute atomic E-state index is 4.18. The standard InChI is InChI=1S/C10H12N2.C7H7N3.C2H6/c1-8(2)9-4-3-7-12-10(9)5-6-11-12;1-6-7-3-2-4-10(7)9-5-8-6;1-2/h3-8H,1-2H3;2-5H,1H3;1-2H3. The number of aryl methyl sites for hydroxylation is 1. The third kappa shape index (κ3) is 3.79. The Hall–Kier alpha value is -2.69. The minimum absolute atomic E-state index is 0.561. The van der Waals surface area contributed by atoms with Gasteiger partial charge < -0.3 is 0 Å². The first-order chi connectivity index (χ1) is 11.7. The molecule has 0 amide bonds. The average Bonchev–Trinajstić information content (AvgIpc) is 3.26. The predicted molar refractivity (Wildman–Crippen MR) is 98.4 cm³/mol. The second-order valence-electron chi connectivity index (χ2n) is 5.46. The lowest BCUT2D eigenvalue weighted by molar-refractivity contribution is 0.853. The van der Waals surface area contributed by atoms with Crippen LogP contribution in [0.15, 0.2) is 55.2 Å². The minimum atomic E-state index is 0.561. The molecule has 4 aromatic heterocycles. The summed E-state index contributed by atoms with van der Waals surface area (Å²) in [5, 5.41) is 8.19. The van der Waals surface area contributed by atoms with Crippen molar-refractivity contribution in [1.29, 1.82) is 0 Å². The van der Waals surface area contributed by atoms with Gasteiger partial charge in [-0.1, -0.05) is 33.8 Å². The fourth-order valence-corrected chi connectivity index (χ4v) is 2.46. The van der Waals surface area contributed by atoms with Gasteiger partial charge in [-0.05, 0) is 42.7 Å². The topological polar surface area (TPSA) is 47.5 Å². The normalized spacial score (nSPS) is 10.2. The van der Waals surface area contributed by atoms with Crippen LogP contribution in [0.4, 0.5) is 0 Å². The van der Waals surface area contributed by atoms with Gasteiger partial charge in [0.25, 0.3) is 0 Å². The van der Waals surface area contributed by atoms with Gasteiger partial charge in [0.05, 0.1) is 16.7 Å². The lowest BCUT2D eigenvalue weighted by Crippen LogP contribution is -1.93. The van der Waals surface area contributed by atoms with E-state index in [1.807, 2.05) is 66.6 Å². The molecule has 24 heavy (non-hydrogen) atoms. The number of hydrogen-bond acceptors (Lipinski definition) is 3. The first-order valence-corrected chi connectivity index (χ1v) is 8.34. The van der Waals surface area contributed by atoms with Crippen LogP contribution in [0.5, 0.6) is 0 Å². The molecule has 126 valence electrons. The number of aromatic nitrogens is 5. The highest BCUT2D eigenvalue weighted by Gasteiger charge is 2.03. The summed E-state index contributed by atoms with van der Waals surface area (Å²) in [6.07, 6.45) is 7.27. The second-order valence-corrected chi connectivity index (χ2v) is 5.46. The minimum Gasteiger partial charge on any atom is -0.241 e. The summed E-state index contributed by atoms with van der Waals surface area (Å²) in [6.45, 7) is 10.4. The van der Waals surface area contributed by atoms with E-state index in [4.69, 9.17) is 0 Å². The van der Waals surface area contributed by atoms with E-state index in [9.17, 15) is 0 Å². The Bertz CT molecular complexity index is 889.